The van der Waals surface area contributed by atoms with Crippen molar-refractivity contribution in [1.29, 1.82) is 0 Å². The van der Waals surface area contributed by atoms with Crippen LogP contribution in [0.1, 0.15) is 17.7 Å². The molecule has 16 heavy (non-hydrogen) atoms. The lowest BCUT2D eigenvalue weighted by Gasteiger charge is -2.16. The predicted octanol–water partition coefficient (Wildman–Crippen LogP) is 0.719. The fourth-order valence-electron chi connectivity index (χ4n) is 1.44. The second kappa shape index (κ2) is 4.67. The normalized spacial score (nSPS) is 14.9. The lowest BCUT2D eigenvalue weighted by atomic mass is 10.1. The summed E-state index contributed by atoms with van der Waals surface area (Å²) in [7, 11) is 1.89. The van der Waals surface area contributed by atoms with Crippen molar-refractivity contribution in [2.24, 2.45) is 12.8 Å². The molecule has 2 atom stereocenters. The quantitative estimate of drug-likeness (QED) is 0.766. The molecule has 0 aromatic carbocycles. The Morgan fingerprint density at radius 2 is 2.38 bits per heavy atom. The molecule has 0 saturated carbocycles. The van der Waals surface area contributed by atoms with E-state index in [1.165, 1.54) is 6.33 Å². The average molecular weight is 238 g/mol. The summed E-state index contributed by atoms with van der Waals surface area (Å²) >= 11 is 1.56. The summed E-state index contributed by atoms with van der Waals surface area (Å²) < 4.78 is 1.77. The molecular weight excluding hydrogens is 224 g/mol. The van der Waals surface area contributed by atoms with Gasteiger partial charge >= 0.3 is 0 Å². The van der Waals surface area contributed by atoms with Crippen molar-refractivity contribution in [2.45, 2.75) is 23.4 Å². The average Bonchev–Trinajstić information content (AvgIpc) is 2.84. The van der Waals surface area contributed by atoms with Gasteiger partial charge in [0.1, 0.15) is 6.33 Å². The van der Waals surface area contributed by atoms with Gasteiger partial charge in [-0.1, -0.05) is 11.8 Å². The first-order valence-electron chi connectivity index (χ1n) is 4.93. The number of thioether (sulfide) groups is 1. The van der Waals surface area contributed by atoms with Crippen LogP contribution < -0.4 is 5.73 Å². The Kier molecular flexibility index (Phi) is 3.25. The van der Waals surface area contributed by atoms with E-state index in [-0.39, 0.29) is 11.3 Å². The molecule has 2 aromatic heterocycles. The highest BCUT2D eigenvalue weighted by molar-refractivity contribution is 7.99. The van der Waals surface area contributed by atoms with Crippen molar-refractivity contribution in [3.63, 3.8) is 0 Å². The van der Waals surface area contributed by atoms with E-state index in [1.54, 1.807) is 16.4 Å². The van der Waals surface area contributed by atoms with Crippen LogP contribution in [0, 0.1) is 0 Å². The summed E-state index contributed by atoms with van der Waals surface area (Å²) in [5, 5.41) is 11.7. The fourth-order valence-corrected chi connectivity index (χ4v) is 2.36. The molecule has 3 N–H and O–H groups in total. The number of nitrogens with zero attached hydrogens (tertiary/aromatic N) is 4. The summed E-state index contributed by atoms with van der Waals surface area (Å²) in [6.45, 7) is 1.97. The smallest absolute Gasteiger partial charge is 0.184 e. The fraction of sp³-hybridized carbons (Fsp3) is 0.444. The summed E-state index contributed by atoms with van der Waals surface area (Å²) in [6, 6.07) is 0.0132. The maximum Gasteiger partial charge on any atom is 0.184 e. The summed E-state index contributed by atoms with van der Waals surface area (Å²) in [5.74, 6) is 0. The third-order valence-corrected chi connectivity index (χ3v) is 3.54. The van der Waals surface area contributed by atoms with Crippen molar-refractivity contribution >= 4 is 11.8 Å². The zero-order chi connectivity index (χ0) is 11.5. The molecule has 0 aliphatic heterocycles. The molecule has 2 heterocycles. The monoisotopic (exact) mass is 238 g/mol. The second-order valence-electron chi connectivity index (χ2n) is 3.64. The summed E-state index contributed by atoms with van der Waals surface area (Å²) in [4.78, 5) is 4.08. The van der Waals surface area contributed by atoms with E-state index in [1.807, 2.05) is 26.4 Å². The van der Waals surface area contributed by atoms with Crippen molar-refractivity contribution in [3.8, 4) is 0 Å². The molecule has 2 unspecified atom stereocenters. The van der Waals surface area contributed by atoms with Crippen LogP contribution in [0.25, 0.3) is 0 Å². The third kappa shape index (κ3) is 2.42. The molecule has 2 aromatic rings. The molecule has 0 amide bonds. The molecule has 7 heteroatoms. The topological polar surface area (TPSA) is 85.4 Å². The lowest BCUT2D eigenvalue weighted by molar-refractivity contribution is 0.715. The zero-order valence-corrected chi connectivity index (χ0v) is 9.98. The number of nitrogens with two attached hydrogens (primary N) is 1. The van der Waals surface area contributed by atoms with Crippen LogP contribution in [0.5, 0.6) is 0 Å². The SMILES string of the molecule is CC(N)C(Sc1ncn[nH]1)c1cnn(C)c1. The first-order valence-corrected chi connectivity index (χ1v) is 5.81. The molecule has 0 bridgehead atoms. The van der Waals surface area contributed by atoms with Gasteiger partial charge in [0.2, 0.25) is 0 Å². The Balaban J connectivity index is 2.18. The van der Waals surface area contributed by atoms with E-state index in [0.29, 0.717) is 0 Å². The molecular formula is C9H14N6S. The van der Waals surface area contributed by atoms with E-state index >= 15 is 0 Å². The number of rotatable bonds is 4. The van der Waals surface area contributed by atoms with Crippen molar-refractivity contribution in [3.05, 3.63) is 24.3 Å². The second-order valence-corrected chi connectivity index (χ2v) is 4.77. The van der Waals surface area contributed by atoms with E-state index in [0.717, 1.165) is 10.7 Å². The van der Waals surface area contributed by atoms with Gasteiger partial charge < -0.3 is 5.73 Å². The molecule has 0 fully saturated rings. The van der Waals surface area contributed by atoms with Crippen molar-refractivity contribution in [1.82, 2.24) is 25.0 Å². The third-order valence-electron chi connectivity index (χ3n) is 2.16. The molecule has 0 saturated heterocycles. The highest BCUT2D eigenvalue weighted by atomic mass is 32.2. The van der Waals surface area contributed by atoms with Gasteiger partial charge in [0.15, 0.2) is 5.16 Å². The highest BCUT2D eigenvalue weighted by Gasteiger charge is 2.20. The Labute approximate surface area is 97.6 Å². The summed E-state index contributed by atoms with van der Waals surface area (Å²) in [6.07, 6.45) is 5.29. The largest absolute Gasteiger partial charge is 0.327 e. The number of hydrogen-bond donors (Lipinski definition) is 2. The molecule has 86 valence electrons. The maximum absolute atomic E-state index is 5.97. The van der Waals surface area contributed by atoms with Crippen LogP contribution in [-0.2, 0) is 7.05 Å². The van der Waals surface area contributed by atoms with Crippen LogP contribution in [0.4, 0.5) is 0 Å². The summed E-state index contributed by atoms with van der Waals surface area (Å²) in [5.41, 5.74) is 7.07. The van der Waals surface area contributed by atoms with Gasteiger partial charge in [0.25, 0.3) is 0 Å². The Hall–Kier alpha value is -1.34. The van der Waals surface area contributed by atoms with Crippen LogP contribution in [0.2, 0.25) is 0 Å². The zero-order valence-electron chi connectivity index (χ0n) is 9.16. The van der Waals surface area contributed by atoms with Gasteiger partial charge in [-0.2, -0.15) is 10.2 Å². The minimum atomic E-state index is 0.0132. The van der Waals surface area contributed by atoms with Crippen LogP contribution in [0.3, 0.4) is 0 Å². The number of nitrogens with one attached hydrogen (secondary N) is 1. The number of H-pyrrole nitrogens is 1. The van der Waals surface area contributed by atoms with Crippen molar-refractivity contribution in [2.75, 3.05) is 0 Å². The van der Waals surface area contributed by atoms with Gasteiger partial charge in [-0.15, -0.1) is 0 Å². The Morgan fingerprint density at radius 1 is 1.56 bits per heavy atom. The predicted molar refractivity (Wildman–Crippen MR) is 61.8 cm³/mol. The maximum atomic E-state index is 5.97. The molecule has 0 aliphatic carbocycles. The van der Waals surface area contributed by atoms with Gasteiger partial charge in [0, 0.05) is 24.8 Å². The van der Waals surface area contributed by atoms with Gasteiger partial charge in [-0.05, 0) is 6.92 Å². The minimum Gasteiger partial charge on any atom is -0.327 e. The minimum absolute atomic E-state index is 0.0132. The Bertz CT molecular complexity index is 435. The van der Waals surface area contributed by atoms with Gasteiger partial charge in [0.05, 0.1) is 11.4 Å². The van der Waals surface area contributed by atoms with Gasteiger partial charge in [-0.25, -0.2) is 4.98 Å². The molecule has 0 spiro atoms. The van der Waals surface area contributed by atoms with Gasteiger partial charge in [-0.3, -0.25) is 9.78 Å². The Morgan fingerprint density at radius 3 is 2.88 bits per heavy atom. The highest BCUT2D eigenvalue weighted by Crippen LogP contribution is 2.34. The number of hydrogen-bond acceptors (Lipinski definition) is 5. The van der Waals surface area contributed by atoms with E-state index < -0.39 is 0 Å². The van der Waals surface area contributed by atoms with E-state index in [9.17, 15) is 0 Å². The molecule has 6 nitrogen and oxygen atoms in total. The first-order chi connectivity index (χ1) is 7.66. The molecule has 0 aliphatic rings. The molecule has 2 rings (SSSR count). The van der Waals surface area contributed by atoms with Crippen molar-refractivity contribution < 1.29 is 0 Å². The number of aromatic nitrogens is 5. The van der Waals surface area contributed by atoms with Crippen LogP contribution in [-0.4, -0.2) is 31.0 Å². The molecule has 0 radical (unpaired) electrons. The standard InChI is InChI=1S/C9H14N6S/c1-6(10)8(7-3-13-15(2)4-7)16-9-11-5-12-14-9/h3-6,8H,10H2,1-2H3,(H,11,12,14). The number of aromatic amines is 1. The lowest BCUT2D eigenvalue weighted by Crippen LogP contribution is -2.22. The van der Waals surface area contributed by atoms with Crippen LogP contribution >= 0.6 is 11.8 Å². The van der Waals surface area contributed by atoms with E-state index in [2.05, 4.69) is 20.3 Å². The first kappa shape index (κ1) is 11.2. The number of aryl methyl sites for hydroxylation is 1. The van der Waals surface area contributed by atoms with E-state index in [4.69, 9.17) is 5.73 Å². The van der Waals surface area contributed by atoms with Crippen LogP contribution in [0.15, 0.2) is 23.9 Å².